The van der Waals surface area contributed by atoms with E-state index >= 15 is 0 Å². The van der Waals surface area contributed by atoms with Crippen molar-refractivity contribution < 1.29 is 4.79 Å². The summed E-state index contributed by atoms with van der Waals surface area (Å²) in [5.74, 6) is 0.316. The Bertz CT molecular complexity index is 333. The van der Waals surface area contributed by atoms with Crippen molar-refractivity contribution in [2.45, 2.75) is 26.7 Å². The molecule has 1 aromatic rings. The number of hydrogen-bond donors (Lipinski definition) is 1. The third-order valence-corrected chi connectivity index (χ3v) is 2.70. The molecule has 0 aliphatic heterocycles. The maximum absolute atomic E-state index is 12.0. The fraction of sp³-hybridized carbons (Fsp3) is 0.462. The third kappa shape index (κ3) is 3.17. The van der Waals surface area contributed by atoms with Crippen LogP contribution in [-0.4, -0.2) is 12.3 Å². The van der Waals surface area contributed by atoms with Gasteiger partial charge in [0, 0.05) is 11.5 Å². The van der Waals surface area contributed by atoms with Gasteiger partial charge in [-0.15, -0.1) is 0 Å². The molecule has 2 heteroatoms. The molecular weight excluding hydrogens is 186 g/mol. The quantitative estimate of drug-likeness (QED) is 0.751. The normalized spacial score (nSPS) is 12.5. The minimum Gasteiger partial charge on any atom is -0.330 e. The van der Waals surface area contributed by atoms with Gasteiger partial charge in [0.1, 0.15) is 0 Å². The molecule has 0 heterocycles. The van der Waals surface area contributed by atoms with Crippen molar-refractivity contribution in [3.8, 4) is 0 Å². The average Bonchev–Trinajstić information content (AvgIpc) is 2.25. The Morgan fingerprint density at radius 3 is 2.67 bits per heavy atom. The van der Waals surface area contributed by atoms with Crippen molar-refractivity contribution in [3.05, 3.63) is 35.4 Å². The second kappa shape index (κ2) is 5.66. The zero-order valence-corrected chi connectivity index (χ0v) is 9.49. The average molecular weight is 205 g/mol. The highest BCUT2D eigenvalue weighted by Gasteiger charge is 2.15. The van der Waals surface area contributed by atoms with Gasteiger partial charge in [-0.2, -0.15) is 0 Å². The number of hydrogen-bond acceptors (Lipinski definition) is 2. The van der Waals surface area contributed by atoms with Crippen LogP contribution in [0.25, 0.3) is 0 Å². The summed E-state index contributed by atoms with van der Waals surface area (Å²) in [5.41, 5.74) is 7.34. The fourth-order valence-electron chi connectivity index (χ4n) is 1.67. The summed E-state index contributed by atoms with van der Waals surface area (Å²) < 4.78 is 0. The monoisotopic (exact) mass is 205 g/mol. The molecule has 0 saturated heterocycles. The summed E-state index contributed by atoms with van der Waals surface area (Å²) in [6.07, 6.45) is 1.79. The molecule has 2 N–H and O–H groups in total. The van der Waals surface area contributed by atoms with Crippen LogP contribution in [0.4, 0.5) is 0 Å². The summed E-state index contributed by atoms with van der Waals surface area (Å²) in [7, 11) is 0. The number of carbonyl (C=O) groups excluding carboxylic acids is 1. The maximum Gasteiger partial charge on any atom is 0.165 e. The molecule has 0 bridgehead atoms. The Balaban J connectivity index is 2.72. The molecule has 0 amide bonds. The molecule has 0 spiro atoms. The highest BCUT2D eigenvalue weighted by molar-refractivity contribution is 5.98. The largest absolute Gasteiger partial charge is 0.330 e. The van der Waals surface area contributed by atoms with E-state index in [1.165, 1.54) is 0 Å². The molecule has 0 fully saturated rings. The van der Waals surface area contributed by atoms with Gasteiger partial charge >= 0.3 is 0 Å². The first-order valence-electron chi connectivity index (χ1n) is 5.46. The standard InChI is InChI=1S/C13H19NO/c1-10-6-3-4-8-12(10)13(15)11(2)7-5-9-14/h3-4,6,8,11H,5,7,9,14H2,1-2H3. The Morgan fingerprint density at radius 2 is 2.07 bits per heavy atom. The highest BCUT2D eigenvalue weighted by atomic mass is 16.1. The number of carbonyl (C=O) groups is 1. The third-order valence-electron chi connectivity index (χ3n) is 2.70. The first-order valence-corrected chi connectivity index (χ1v) is 5.46. The predicted octanol–water partition coefficient (Wildman–Crippen LogP) is 2.55. The van der Waals surface area contributed by atoms with E-state index in [-0.39, 0.29) is 11.7 Å². The van der Waals surface area contributed by atoms with Crippen molar-refractivity contribution >= 4 is 5.78 Å². The highest BCUT2D eigenvalue weighted by Crippen LogP contribution is 2.16. The molecule has 0 radical (unpaired) electrons. The van der Waals surface area contributed by atoms with Crippen molar-refractivity contribution in [2.24, 2.45) is 11.7 Å². The van der Waals surface area contributed by atoms with E-state index in [0.29, 0.717) is 6.54 Å². The van der Waals surface area contributed by atoms with Crippen molar-refractivity contribution in [1.82, 2.24) is 0 Å². The van der Waals surface area contributed by atoms with Crippen LogP contribution in [0.2, 0.25) is 0 Å². The molecule has 0 aliphatic rings. The van der Waals surface area contributed by atoms with Crippen LogP contribution in [0, 0.1) is 12.8 Å². The summed E-state index contributed by atoms with van der Waals surface area (Å²) in [4.78, 5) is 12.0. The van der Waals surface area contributed by atoms with E-state index in [0.717, 1.165) is 24.0 Å². The second-order valence-corrected chi connectivity index (χ2v) is 4.01. The van der Waals surface area contributed by atoms with Gasteiger partial charge in [0.2, 0.25) is 0 Å². The zero-order chi connectivity index (χ0) is 11.3. The van der Waals surface area contributed by atoms with Gasteiger partial charge in [-0.05, 0) is 31.9 Å². The minimum absolute atomic E-state index is 0.0784. The van der Waals surface area contributed by atoms with Gasteiger partial charge in [0.05, 0.1) is 0 Å². The smallest absolute Gasteiger partial charge is 0.165 e. The van der Waals surface area contributed by atoms with Gasteiger partial charge < -0.3 is 5.73 Å². The Morgan fingerprint density at radius 1 is 1.40 bits per heavy atom. The van der Waals surface area contributed by atoms with E-state index < -0.39 is 0 Å². The number of aryl methyl sites for hydroxylation is 1. The Hall–Kier alpha value is -1.15. The Labute approximate surface area is 91.5 Å². The fourth-order valence-corrected chi connectivity index (χ4v) is 1.67. The molecule has 1 aromatic carbocycles. The summed E-state index contributed by atoms with van der Waals surface area (Å²) in [5, 5.41) is 0. The van der Waals surface area contributed by atoms with Gasteiger partial charge in [-0.25, -0.2) is 0 Å². The van der Waals surface area contributed by atoms with Crippen LogP contribution in [0.15, 0.2) is 24.3 Å². The molecule has 1 rings (SSSR count). The summed E-state index contributed by atoms with van der Waals surface area (Å²) >= 11 is 0. The van der Waals surface area contributed by atoms with Gasteiger partial charge in [0.25, 0.3) is 0 Å². The van der Waals surface area contributed by atoms with Crippen LogP contribution < -0.4 is 5.73 Å². The molecule has 1 atom stereocenters. The Kier molecular flexibility index (Phi) is 4.50. The first kappa shape index (κ1) is 11.9. The summed E-state index contributed by atoms with van der Waals surface area (Å²) in [6, 6.07) is 7.74. The SMILES string of the molecule is Cc1ccccc1C(=O)C(C)CCCN. The maximum atomic E-state index is 12.0. The molecule has 15 heavy (non-hydrogen) atoms. The van der Waals surface area contributed by atoms with E-state index in [1.807, 2.05) is 38.1 Å². The van der Waals surface area contributed by atoms with Crippen molar-refractivity contribution in [1.29, 1.82) is 0 Å². The lowest BCUT2D eigenvalue weighted by Gasteiger charge is -2.11. The minimum atomic E-state index is 0.0784. The van der Waals surface area contributed by atoms with E-state index in [1.54, 1.807) is 0 Å². The first-order chi connectivity index (χ1) is 7.16. The number of rotatable bonds is 5. The lowest BCUT2D eigenvalue weighted by atomic mass is 9.93. The van der Waals surface area contributed by atoms with Crippen LogP contribution >= 0.6 is 0 Å². The molecule has 82 valence electrons. The van der Waals surface area contributed by atoms with Crippen LogP contribution in [0.5, 0.6) is 0 Å². The van der Waals surface area contributed by atoms with E-state index in [4.69, 9.17) is 5.73 Å². The van der Waals surface area contributed by atoms with Crippen LogP contribution in [-0.2, 0) is 0 Å². The predicted molar refractivity (Wildman–Crippen MR) is 63.0 cm³/mol. The van der Waals surface area contributed by atoms with Gasteiger partial charge in [0.15, 0.2) is 5.78 Å². The topological polar surface area (TPSA) is 43.1 Å². The van der Waals surface area contributed by atoms with Gasteiger partial charge in [-0.3, -0.25) is 4.79 Å². The zero-order valence-electron chi connectivity index (χ0n) is 9.49. The number of Topliss-reactive ketones (excluding diaryl/α,β-unsaturated/α-hetero) is 1. The lowest BCUT2D eigenvalue weighted by Crippen LogP contribution is -2.14. The van der Waals surface area contributed by atoms with E-state index in [9.17, 15) is 4.79 Å². The molecule has 2 nitrogen and oxygen atoms in total. The number of nitrogens with two attached hydrogens (primary N) is 1. The van der Waals surface area contributed by atoms with Crippen molar-refractivity contribution in [3.63, 3.8) is 0 Å². The molecular formula is C13H19NO. The molecule has 1 unspecified atom stereocenters. The number of benzene rings is 1. The van der Waals surface area contributed by atoms with Crippen molar-refractivity contribution in [2.75, 3.05) is 6.54 Å². The molecule has 0 saturated carbocycles. The van der Waals surface area contributed by atoms with Crippen LogP contribution in [0.1, 0.15) is 35.7 Å². The number of ketones is 1. The van der Waals surface area contributed by atoms with Crippen LogP contribution in [0.3, 0.4) is 0 Å². The van der Waals surface area contributed by atoms with E-state index in [2.05, 4.69) is 0 Å². The molecule has 0 aromatic heterocycles. The molecule has 0 aliphatic carbocycles. The summed E-state index contributed by atoms with van der Waals surface area (Å²) in [6.45, 7) is 4.61. The lowest BCUT2D eigenvalue weighted by molar-refractivity contribution is 0.0922. The van der Waals surface area contributed by atoms with Gasteiger partial charge in [-0.1, -0.05) is 31.2 Å². The second-order valence-electron chi connectivity index (χ2n) is 4.01.